The minimum Gasteiger partial charge on any atom is -0.497 e. The van der Waals surface area contributed by atoms with Crippen molar-refractivity contribution in [1.29, 1.82) is 0 Å². The fourth-order valence-corrected chi connectivity index (χ4v) is 4.04. The molecule has 1 aromatic carbocycles. The molecule has 1 amide bonds. The van der Waals surface area contributed by atoms with E-state index in [0.29, 0.717) is 29.2 Å². The van der Waals surface area contributed by atoms with Gasteiger partial charge in [0.25, 0.3) is 0 Å². The number of nitrogens with zero attached hydrogens (tertiary/aromatic N) is 5. The second-order valence-electron chi connectivity index (χ2n) is 8.35. The maximum atomic E-state index is 12.8. The van der Waals surface area contributed by atoms with Crippen molar-refractivity contribution in [2.45, 2.75) is 36.9 Å². The molecule has 12 heteroatoms. The van der Waals surface area contributed by atoms with Gasteiger partial charge >= 0.3 is 0 Å². The Morgan fingerprint density at radius 2 is 2.03 bits per heavy atom. The van der Waals surface area contributed by atoms with E-state index >= 15 is 0 Å². The van der Waals surface area contributed by atoms with Crippen LogP contribution in [-0.2, 0) is 16.0 Å². The van der Waals surface area contributed by atoms with E-state index in [-0.39, 0.29) is 0 Å². The number of nitrogens with one attached hydrogen (secondary N) is 1. The minimum atomic E-state index is -1.18. The Labute approximate surface area is 196 Å². The molecule has 12 nitrogen and oxygen atoms in total. The number of hydrogen-bond donors (Lipinski definition) is 4. The van der Waals surface area contributed by atoms with Gasteiger partial charge < -0.3 is 35.6 Å². The number of aliphatic hydroxyl groups is 2. The molecule has 5 atom stereocenters. The first-order valence-electron chi connectivity index (χ1n) is 10.8. The average Bonchev–Trinajstić information content (AvgIpc) is 3.40. The molecule has 2 aromatic heterocycles. The number of hydrogen-bond acceptors (Lipinski definition) is 10. The summed E-state index contributed by atoms with van der Waals surface area (Å²) in [6, 6.07) is 5.52. The molecule has 1 fully saturated rings. The number of aliphatic hydroxyl groups excluding tert-OH is 2. The molecule has 0 radical (unpaired) electrons. The number of carbonyl (C=O) groups excluding carboxylic acids is 1. The van der Waals surface area contributed by atoms with E-state index in [1.54, 1.807) is 28.7 Å². The van der Waals surface area contributed by atoms with E-state index in [4.69, 9.17) is 15.2 Å². The lowest BCUT2D eigenvalue weighted by molar-refractivity contribution is -0.124. The van der Waals surface area contributed by atoms with Crippen molar-refractivity contribution in [1.82, 2.24) is 24.8 Å². The first kappa shape index (κ1) is 23.8. The number of fused-ring (bicyclic) bond motifs is 1. The molecule has 0 saturated carbocycles. The molecular weight excluding hydrogens is 442 g/mol. The van der Waals surface area contributed by atoms with Crippen LogP contribution in [-0.4, -0.2) is 87.7 Å². The lowest BCUT2D eigenvalue weighted by Crippen LogP contribution is -2.53. The molecular formula is C22H29N7O5. The van der Waals surface area contributed by atoms with E-state index in [2.05, 4.69) is 20.3 Å². The third-order valence-electron chi connectivity index (χ3n) is 5.85. The van der Waals surface area contributed by atoms with Crippen LogP contribution in [0.5, 0.6) is 5.75 Å². The van der Waals surface area contributed by atoms with E-state index < -0.39 is 43.0 Å². The van der Waals surface area contributed by atoms with Crippen LogP contribution in [0.1, 0.15) is 11.8 Å². The summed E-state index contributed by atoms with van der Waals surface area (Å²) in [5.74, 6) is 0.861. The van der Waals surface area contributed by atoms with Gasteiger partial charge in [-0.2, -0.15) is 0 Å². The van der Waals surface area contributed by atoms with Crippen LogP contribution in [0.3, 0.4) is 0 Å². The fourth-order valence-electron chi connectivity index (χ4n) is 4.04. The number of ether oxygens (including phenoxy) is 2. The van der Waals surface area contributed by atoms with Crippen molar-refractivity contribution in [3.63, 3.8) is 0 Å². The topological polar surface area (TPSA) is 161 Å². The largest absolute Gasteiger partial charge is 0.497 e. The summed E-state index contributed by atoms with van der Waals surface area (Å²) in [7, 11) is 5.25. The van der Waals surface area contributed by atoms with Gasteiger partial charge in [-0.3, -0.25) is 9.36 Å². The van der Waals surface area contributed by atoms with E-state index in [9.17, 15) is 15.0 Å². The Kier molecular flexibility index (Phi) is 6.93. The molecule has 5 N–H and O–H groups in total. The smallest absolute Gasteiger partial charge is 0.237 e. The van der Waals surface area contributed by atoms with Gasteiger partial charge in [0, 0.05) is 14.1 Å². The van der Waals surface area contributed by atoms with Crippen LogP contribution in [0.25, 0.3) is 11.2 Å². The predicted octanol–water partition coefficient (Wildman–Crippen LogP) is -0.794. The van der Waals surface area contributed by atoms with Gasteiger partial charge in [0.15, 0.2) is 23.2 Å². The lowest BCUT2D eigenvalue weighted by Gasteiger charge is -2.23. The van der Waals surface area contributed by atoms with Gasteiger partial charge in [0.05, 0.1) is 32.1 Å². The summed E-state index contributed by atoms with van der Waals surface area (Å²) in [6.07, 6.45) is 0.250. The van der Waals surface area contributed by atoms with Gasteiger partial charge in [0.1, 0.15) is 24.3 Å². The third kappa shape index (κ3) is 4.53. The zero-order chi connectivity index (χ0) is 24.4. The van der Waals surface area contributed by atoms with Gasteiger partial charge in [0.2, 0.25) is 5.91 Å². The summed E-state index contributed by atoms with van der Waals surface area (Å²) < 4.78 is 12.6. The van der Waals surface area contributed by atoms with Gasteiger partial charge in [-0.15, -0.1) is 0 Å². The second kappa shape index (κ2) is 9.89. The van der Waals surface area contributed by atoms with Crippen LogP contribution in [0, 0.1) is 0 Å². The van der Waals surface area contributed by atoms with Gasteiger partial charge in [-0.05, 0) is 24.1 Å². The molecule has 3 aromatic rings. The summed E-state index contributed by atoms with van der Waals surface area (Å²) in [6.45, 7) is -0.406. The Morgan fingerprint density at radius 3 is 2.68 bits per heavy atom. The number of amides is 1. The number of carbonyl (C=O) groups is 1. The van der Waals surface area contributed by atoms with Crippen LogP contribution in [0.2, 0.25) is 0 Å². The number of rotatable bonds is 8. The number of aromatic nitrogens is 4. The standard InChI is InChI=1S/C22H29N7O5/c1-28(2)19-17-20(25-10-24-19)29(11-26-17)22-18(31)16(15(9-30)34-22)27-21(32)14(23)8-12-4-6-13(33-3)7-5-12/h4-7,10-11,14-16,18,22,30-31H,8-9,23H2,1-3H3,(H,27,32)/t14-,15+,16+,18+,22-/m0/s1. The van der Waals surface area contributed by atoms with Crippen molar-refractivity contribution in [2.75, 3.05) is 32.7 Å². The first-order valence-corrected chi connectivity index (χ1v) is 10.8. The molecule has 4 rings (SSSR count). The summed E-state index contributed by atoms with van der Waals surface area (Å²) in [5, 5.41) is 23.6. The maximum Gasteiger partial charge on any atom is 0.237 e. The number of imidazole rings is 1. The maximum absolute atomic E-state index is 12.8. The predicted molar refractivity (Wildman–Crippen MR) is 123 cm³/mol. The Balaban J connectivity index is 1.49. The SMILES string of the molecule is COc1ccc(C[C@H](N)C(=O)N[C@H]2[C@@H](O)[C@@H](n3cnc4c(N(C)C)ncnc43)O[C@@H]2CO)cc1. The van der Waals surface area contributed by atoms with Crippen LogP contribution in [0.4, 0.5) is 5.82 Å². The fraction of sp³-hybridized carbons (Fsp3) is 0.455. The molecule has 1 saturated heterocycles. The Bertz CT molecular complexity index is 1140. The van der Waals surface area contributed by atoms with E-state index in [1.807, 2.05) is 26.2 Å². The number of benzene rings is 1. The lowest BCUT2D eigenvalue weighted by atomic mass is 10.0. The van der Waals surface area contributed by atoms with Crippen molar-refractivity contribution in [3.05, 3.63) is 42.5 Å². The monoisotopic (exact) mass is 471 g/mol. The number of anilines is 1. The van der Waals surface area contributed by atoms with E-state index in [1.165, 1.54) is 12.7 Å². The molecule has 0 aliphatic carbocycles. The molecule has 1 aliphatic rings. The zero-order valence-corrected chi connectivity index (χ0v) is 19.2. The van der Waals surface area contributed by atoms with Crippen molar-refractivity contribution < 1.29 is 24.5 Å². The molecule has 3 heterocycles. The van der Waals surface area contributed by atoms with Gasteiger partial charge in [-0.25, -0.2) is 15.0 Å². The number of nitrogens with two attached hydrogens (primary N) is 1. The molecule has 0 spiro atoms. The van der Waals surface area contributed by atoms with Crippen LogP contribution in [0.15, 0.2) is 36.9 Å². The average molecular weight is 472 g/mol. The molecule has 34 heavy (non-hydrogen) atoms. The van der Waals surface area contributed by atoms with Crippen LogP contribution >= 0.6 is 0 Å². The molecule has 1 aliphatic heterocycles. The Hall–Kier alpha value is -3.32. The zero-order valence-electron chi connectivity index (χ0n) is 19.2. The van der Waals surface area contributed by atoms with Crippen molar-refractivity contribution in [2.24, 2.45) is 5.73 Å². The first-order chi connectivity index (χ1) is 16.3. The molecule has 0 unspecified atom stereocenters. The molecule has 0 bridgehead atoms. The third-order valence-corrected chi connectivity index (χ3v) is 5.85. The van der Waals surface area contributed by atoms with Crippen molar-refractivity contribution >= 4 is 22.9 Å². The minimum absolute atomic E-state index is 0.295. The highest BCUT2D eigenvalue weighted by molar-refractivity contribution is 5.83. The highest BCUT2D eigenvalue weighted by Crippen LogP contribution is 2.32. The van der Waals surface area contributed by atoms with E-state index in [0.717, 1.165) is 5.56 Å². The summed E-state index contributed by atoms with van der Waals surface area (Å²) in [4.78, 5) is 27.5. The second-order valence-corrected chi connectivity index (χ2v) is 8.35. The summed E-state index contributed by atoms with van der Waals surface area (Å²) in [5.41, 5.74) is 7.98. The number of methoxy groups -OCH3 is 1. The van der Waals surface area contributed by atoms with Gasteiger partial charge in [-0.1, -0.05) is 12.1 Å². The Morgan fingerprint density at radius 1 is 1.29 bits per heavy atom. The van der Waals surface area contributed by atoms with Crippen LogP contribution < -0.4 is 20.7 Å². The highest BCUT2D eigenvalue weighted by atomic mass is 16.5. The normalized spacial score (nSPS) is 23.1. The van der Waals surface area contributed by atoms with Crippen molar-refractivity contribution in [3.8, 4) is 5.75 Å². The highest BCUT2D eigenvalue weighted by Gasteiger charge is 2.46. The molecule has 182 valence electrons. The summed E-state index contributed by atoms with van der Waals surface area (Å²) >= 11 is 0. The quantitative estimate of drug-likeness (QED) is 0.328.